The van der Waals surface area contributed by atoms with E-state index in [1.165, 1.54) is 12.1 Å². The van der Waals surface area contributed by atoms with E-state index in [9.17, 15) is 10.2 Å². The number of thiocarbonyl (C=S) groups is 1. The molecule has 0 fully saturated rings. The van der Waals surface area contributed by atoms with Crippen LogP contribution in [0.5, 0.6) is 11.5 Å². The van der Waals surface area contributed by atoms with Gasteiger partial charge in [-0.3, -0.25) is 4.90 Å². The van der Waals surface area contributed by atoms with Crippen LogP contribution < -0.4 is 4.90 Å². The van der Waals surface area contributed by atoms with Crippen LogP contribution in [-0.2, 0) is 4.74 Å². The summed E-state index contributed by atoms with van der Waals surface area (Å²) in [5, 5.41) is 19.6. The predicted molar refractivity (Wildman–Crippen MR) is 82.6 cm³/mol. The fourth-order valence-electron chi connectivity index (χ4n) is 1.81. The zero-order chi connectivity index (χ0) is 14.5. The second-order valence-corrected chi connectivity index (χ2v) is 4.39. The maximum Gasteiger partial charge on any atom is 0.268 e. The highest BCUT2D eigenvalue weighted by atomic mass is 32.1. The summed E-state index contributed by atoms with van der Waals surface area (Å²) in [6, 6.07) is 13.7. The number of hydrogen-bond acceptors (Lipinski definition) is 4. The van der Waals surface area contributed by atoms with Crippen molar-refractivity contribution in [3.63, 3.8) is 0 Å². The fraction of sp³-hybridized carbons (Fsp3) is 0.133. The van der Waals surface area contributed by atoms with E-state index in [-0.39, 0.29) is 16.7 Å². The molecule has 0 heterocycles. The minimum absolute atomic E-state index is 0.0124. The molecule has 0 amide bonds. The number of nitrogens with zero attached hydrogens (tertiary/aromatic N) is 1. The molecule has 0 radical (unpaired) electrons. The lowest BCUT2D eigenvalue weighted by Crippen LogP contribution is -2.26. The molecule has 0 spiro atoms. The van der Waals surface area contributed by atoms with Crippen LogP contribution in [-0.4, -0.2) is 22.0 Å². The van der Waals surface area contributed by atoms with Gasteiger partial charge >= 0.3 is 0 Å². The van der Waals surface area contributed by atoms with Gasteiger partial charge in [0.15, 0.2) is 0 Å². The first-order valence-corrected chi connectivity index (χ1v) is 6.58. The molecule has 0 aliphatic carbocycles. The second-order valence-electron chi connectivity index (χ2n) is 4.04. The van der Waals surface area contributed by atoms with Crippen LogP contribution in [0.4, 0.5) is 11.4 Å². The number of phenolic OH excluding ortho intramolecular Hbond substituents is 2. The van der Waals surface area contributed by atoms with E-state index in [2.05, 4.69) is 0 Å². The Hall–Kier alpha value is -2.27. The molecular formula is C15H15NO3S. The Morgan fingerprint density at radius 2 is 1.85 bits per heavy atom. The minimum atomic E-state index is -0.0732. The van der Waals surface area contributed by atoms with Gasteiger partial charge in [-0.15, -0.1) is 0 Å². The quantitative estimate of drug-likeness (QED) is 0.846. The molecule has 0 unspecified atom stereocenters. The van der Waals surface area contributed by atoms with E-state index in [1.54, 1.807) is 11.0 Å². The summed E-state index contributed by atoms with van der Waals surface area (Å²) in [6.07, 6.45) is 0. The average molecular weight is 289 g/mol. The highest BCUT2D eigenvalue weighted by molar-refractivity contribution is 7.80. The summed E-state index contributed by atoms with van der Waals surface area (Å²) in [6.45, 7) is 2.27. The summed E-state index contributed by atoms with van der Waals surface area (Å²) >= 11 is 5.26. The lowest BCUT2D eigenvalue weighted by Gasteiger charge is -2.25. The van der Waals surface area contributed by atoms with E-state index >= 15 is 0 Å². The molecule has 2 aromatic rings. The fourth-order valence-corrected chi connectivity index (χ4v) is 2.13. The van der Waals surface area contributed by atoms with E-state index in [0.29, 0.717) is 12.3 Å². The van der Waals surface area contributed by atoms with Crippen molar-refractivity contribution in [3.8, 4) is 11.5 Å². The third-order valence-corrected chi connectivity index (χ3v) is 2.97. The molecule has 2 N–H and O–H groups in total. The number of para-hydroxylation sites is 1. The minimum Gasteiger partial charge on any atom is -0.508 e. The van der Waals surface area contributed by atoms with E-state index in [1.807, 2.05) is 37.3 Å². The van der Waals surface area contributed by atoms with Crippen molar-refractivity contribution in [2.45, 2.75) is 6.92 Å². The van der Waals surface area contributed by atoms with Gasteiger partial charge in [0.05, 0.1) is 18.0 Å². The first-order valence-electron chi connectivity index (χ1n) is 6.17. The van der Waals surface area contributed by atoms with Crippen LogP contribution >= 0.6 is 12.2 Å². The number of anilines is 2. The van der Waals surface area contributed by atoms with Gasteiger partial charge in [-0.05, 0) is 43.4 Å². The number of benzene rings is 2. The zero-order valence-corrected chi connectivity index (χ0v) is 11.8. The van der Waals surface area contributed by atoms with Crippen LogP contribution in [0.2, 0.25) is 0 Å². The van der Waals surface area contributed by atoms with Gasteiger partial charge < -0.3 is 14.9 Å². The molecule has 0 aliphatic heterocycles. The van der Waals surface area contributed by atoms with Gasteiger partial charge in [-0.25, -0.2) is 0 Å². The third kappa shape index (κ3) is 3.00. The van der Waals surface area contributed by atoms with Gasteiger partial charge in [0.25, 0.3) is 5.17 Å². The van der Waals surface area contributed by atoms with Crippen molar-refractivity contribution in [2.75, 3.05) is 11.5 Å². The summed E-state index contributed by atoms with van der Waals surface area (Å²) in [5.74, 6) is -0.0857. The van der Waals surface area contributed by atoms with Crippen molar-refractivity contribution in [1.82, 2.24) is 0 Å². The molecule has 0 atom stereocenters. The summed E-state index contributed by atoms with van der Waals surface area (Å²) < 4.78 is 5.38. The number of rotatable bonds is 3. The van der Waals surface area contributed by atoms with Crippen LogP contribution in [0.25, 0.3) is 0 Å². The number of hydrogen-bond donors (Lipinski definition) is 2. The first kappa shape index (κ1) is 14.1. The Morgan fingerprint density at radius 3 is 2.45 bits per heavy atom. The zero-order valence-electron chi connectivity index (χ0n) is 11.0. The van der Waals surface area contributed by atoms with Gasteiger partial charge in [0, 0.05) is 6.07 Å². The highest BCUT2D eigenvalue weighted by Crippen LogP contribution is 2.35. The van der Waals surface area contributed by atoms with Gasteiger partial charge in [-0.2, -0.15) is 0 Å². The largest absolute Gasteiger partial charge is 0.508 e. The molecular weight excluding hydrogens is 274 g/mol. The molecule has 0 aliphatic rings. The SMILES string of the molecule is CCOC(=S)N(c1ccccc1)c1ccc(O)cc1O. The lowest BCUT2D eigenvalue weighted by atomic mass is 10.2. The molecule has 0 aromatic heterocycles. The summed E-state index contributed by atoms with van der Waals surface area (Å²) in [7, 11) is 0. The van der Waals surface area contributed by atoms with Gasteiger partial charge in [-0.1, -0.05) is 18.2 Å². The topological polar surface area (TPSA) is 52.9 Å². The summed E-state index contributed by atoms with van der Waals surface area (Å²) in [4.78, 5) is 1.62. The number of phenols is 2. The molecule has 0 saturated carbocycles. The third-order valence-electron chi connectivity index (χ3n) is 2.66. The van der Waals surface area contributed by atoms with Crippen LogP contribution in [0.15, 0.2) is 48.5 Å². The monoisotopic (exact) mass is 289 g/mol. The molecule has 20 heavy (non-hydrogen) atoms. The molecule has 2 rings (SSSR count). The maximum absolute atomic E-state index is 10.0. The van der Waals surface area contributed by atoms with Crippen molar-refractivity contribution >= 4 is 28.8 Å². The van der Waals surface area contributed by atoms with Gasteiger partial charge in [0.1, 0.15) is 11.5 Å². The molecule has 0 saturated heterocycles. The Balaban J connectivity index is 2.49. The summed E-state index contributed by atoms with van der Waals surface area (Å²) in [5.41, 5.74) is 1.22. The van der Waals surface area contributed by atoms with Crippen molar-refractivity contribution in [2.24, 2.45) is 0 Å². The maximum atomic E-state index is 10.0. The standard InChI is InChI=1S/C15H15NO3S/c1-2-19-15(20)16(11-6-4-3-5-7-11)13-9-8-12(17)10-14(13)18/h3-10,17-18H,2H2,1H3. The Bertz CT molecular complexity index is 601. The van der Waals surface area contributed by atoms with Crippen molar-refractivity contribution < 1.29 is 14.9 Å². The average Bonchev–Trinajstić information content (AvgIpc) is 2.43. The predicted octanol–water partition coefficient (Wildman–Crippen LogP) is 3.56. The van der Waals surface area contributed by atoms with Crippen LogP contribution in [0.1, 0.15) is 6.92 Å². The molecule has 4 nitrogen and oxygen atoms in total. The Labute approximate surface area is 122 Å². The van der Waals surface area contributed by atoms with Crippen molar-refractivity contribution in [3.05, 3.63) is 48.5 Å². The lowest BCUT2D eigenvalue weighted by molar-refractivity contribution is 0.330. The van der Waals surface area contributed by atoms with Crippen LogP contribution in [0.3, 0.4) is 0 Å². The van der Waals surface area contributed by atoms with Crippen molar-refractivity contribution in [1.29, 1.82) is 0 Å². The molecule has 5 heteroatoms. The van der Waals surface area contributed by atoms with E-state index < -0.39 is 0 Å². The Kier molecular flexibility index (Phi) is 4.42. The smallest absolute Gasteiger partial charge is 0.268 e. The van der Waals surface area contributed by atoms with E-state index in [4.69, 9.17) is 17.0 Å². The molecule has 2 aromatic carbocycles. The molecule has 104 valence electrons. The number of ether oxygens (including phenoxy) is 1. The second kappa shape index (κ2) is 6.25. The van der Waals surface area contributed by atoms with Gasteiger partial charge in [0.2, 0.25) is 0 Å². The van der Waals surface area contributed by atoms with E-state index in [0.717, 1.165) is 5.69 Å². The number of aromatic hydroxyl groups is 2. The first-order chi connectivity index (χ1) is 9.63. The normalized spacial score (nSPS) is 10.1. The Morgan fingerprint density at radius 1 is 1.15 bits per heavy atom. The van der Waals surface area contributed by atoms with Crippen LogP contribution in [0, 0.1) is 0 Å². The molecule has 0 bridgehead atoms. The highest BCUT2D eigenvalue weighted by Gasteiger charge is 2.19.